The van der Waals surface area contributed by atoms with Crippen molar-refractivity contribution in [3.63, 3.8) is 0 Å². The van der Waals surface area contributed by atoms with Gasteiger partial charge in [0.2, 0.25) is 21.8 Å². The highest BCUT2D eigenvalue weighted by Crippen LogP contribution is 2.21. The Hall–Kier alpha value is -3.65. The number of rotatable bonds is 12. The van der Waals surface area contributed by atoms with Crippen molar-refractivity contribution in [2.75, 3.05) is 17.1 Å². The van der Waals surface area contributed by atoms with Crippen LogP contribution in [0.1, 0.15) is 50.3 Å². The van der Waals surface area contributed by atoms with Gasteiger partial charge in [0.15, 0.2) is 0 Å². The molecule has 0 bridgehead atoms. The molecule has 8 heteroatoms. The third-order valence-electron chi connectivity index (χ3n) is 6.41. The summed E-state index contributed by atoms with van der Waals surface area (Å²) >= 11 is 0. The maximum absolute atomic E-state index is 13.8. The van der Waals surface area contributed by atoms with Crippen LogP contribution in [0.15, 0.2) is 84.9 Å². The van der Waals surface area contributed by atoms with Crippen LogP contribution in [0, 0.1) is 6.92 Å². The molecule has 0 saturated carbocycles. The normalized spacial score (nSPS) is 12.4. The second-order valence-corrected chi connectivity index (χ2v) is 13.1. The van der Waals surface area contributed by atoms with E-state index in [0.717, 1.165) is 16.7 Å². The molecule has 1 atom stereocenters. The Morgan fingerprint density at radius 1 is 0.875 bits per heavy atom. The summed E-state index contributed by atoms with van der Waals surface area (Å²) in [5.41, 5.74) is 2.91. The molecule has 0 heterocycles. The molecule has 0 unspecified atom stereocenters. The molecule has 3 aromatic carbocycles. The molecular formula is C32H41N3O4S. The number of nitrogens with one attached hydrogen (secondary N) is 1. The van der Waals surface area contributed by atoms with Gasteiger partial charge in [-0.25, -0.2) is 8.42 Å². The molecule has 0 radical (unpaired) electrons. The monoisotopic (exact) mass is 563 g/mol. The largest absolute Gasteiger partial charge is 0.350 e. The number of hydrogen-bond donors (Lipinski definition) is 1. The Kier molecular flexibility index (Phi) is 10.5. The van der Waals surface area contributed by atoms with Crippen LogP contribution in [0.2, 0.25) is 0 Å². The number of hydrogen-bond acceptors (Lipinski definition) is 4. The number of aryl methyl sites for hydroxylation is 1. The van der Waals surface area contributed by atoms with Gasteiger partial charge in [-0.05, 0) is 62.9 Å². The molecule has 0 fully saturated rings. The number of nitrogens with zero attached hydrogens (tertiary/aromatic N) is 2. The van der Waals surface area contributed by atoms with Gasteiger partial charge in [-0.15, -0.1) is 0 Å². The number of carbonyl (C=O) groups excluding carboxylic acids is 2. The van der Waals surface area contributed by atoms with Gasteiger partial charge in [-0.3, -0.25) is 13.9 Å². The summed E-state index contributed by atoms with van der Waals surface area (Å²) in [6.07, 6.45) is 1.94. The van der Waals surface area contributed by atoms with Crippen molar-refractivity contribution in [1.29, 1.82) is 0 Å². The molecule has 0 aliphatic rings. The molecule has 0 aromatic heterocycles. The van der Waals surface area contributed by atoms with Crippen molar-refractivity contribution in [3.05, 3.63) is 102 Å². The summed E-state index contributed by atoms with van der Waals surface area (Å²) in [7, 11) is -3.55. The molecule has 0 aliphatic heterocycles. The summed E-state index contributed by atoms with van der Waals surface area (Å²) in [5.74, 6) is -0.426. The van der Waals surface area contributed by atoms with E-state index in [-0.39, 0.29) is 31.3 Å². The van der Waals surface area contributed by atoms with Gasteiger partial charge in [0.25, 0.3) is 0 Å². The summed E-state index contributed by atoms with van der Waals surface area (Å²) in [6.45, 7) is 8.08. The summed E-state index contributed by atoms with van der Waals surface area (Å²) < 4.78 is 26.5. The van der Waals surface area contributed by atoms with Crippen molar-refractivity contribution < 1.29 is 18.0 Å². The SMILES string of the molecule is Cc1cccc(N(CCCC(=O)N(Cc2ccccc2)[C@H](Cc2ccccc2)C(=O)NC(C)(C)C)S(C)(=O)=O)c1. The van der Waals surface area contributed by atoms with Crippen LogP contribution in [-0.4, -0.2) is 49.5 Å². The Labute approximate surface area is 239 Å². The Morgan fingerprint density at radius 3 is 2.02 bits per heavy atom. The Balaban J connectivity index is 1.88. The smallest absolute Gasteiger partial charge is 0.243 e. The zero-order valence-electron chi connectivity index (χ0n) is 24.1. The summed E-state index contributed by atoms with van der Waals surface area (Å²) in [6, 6.07) is 25.8. The fourth-order valence-corrected chi connectivity index (χ4v) is 5.53. The minimum atomic E-state index is -3.55. The fraction of sp³-hybridized carbons (Fsp3) is 0.375. The molecule has 40 heavy (non-hydrogen) atoms. The number of sulfonamides is 1. The number of carbonyl (C=O) groups is 2. The quantitative estimate of drug-likeness (QED) is 0.332. The number of amides is 2. The molecule has 0 aliphatic carbocycles. The Morgan fingerprint density at radius 2 is 1.48 bits per heavy atom. The lowest BCUT2D eigenvalue weighted by molar-refractivity contribution is -0.142. The topological polar surface area (TPSA) is 86.8 Å². The first kappa shape index (κ1) is 30.9. The molecule has 214 valence electrons. The van der Waals surface area contributed by atoms with Crippen LogP contribution in [0.3, 0.4) is 0 Å². The molecule has 1 N–H and O–H groups in total. The van der Waals surface area contributed by atoms with Crippen LogP contribution in [0.25, 0.3) is 0 Å². The van der Waals surface area contributed by atoms with E-state index < -0.39 is 21.6 Å². The average Bonchev–Trinajstić information content (AvgIpc) is 2.88. The van der Waals surface area contributed by atoms with Crippen LogP contribution < -0.4 is 9.62 Å². The van der Waals surface area contributed by atoms with Gasteiger partial charge < -0.3 is 10.2 Å². The van der Waals surface area contributed by atoms with E-state index in [4.69, 9.17) is 0 Å². The van der Waals surface area contributed by atoms with E-state index in [1.165, 1.54) is 10.6 Å². The van der Waals surface area contributed by atoms with Crippen LogP contribution in [0.5, 0.6) is 0 Å². The fourth-order valence-electron chi connectivity index (χ4n) is 4.57. The van der Waals surface area contributed by atoms with Crippen molar-refractivity contribution in [3.8, 4) is 0 Å². The van der Waals surface area contributed by atoms with Crippen molar-refractivity contribution in [1.82, 2.24) is 10.2 Å². The van der Waals surface area contributed by atoms with E-state index in [1.54, 1.807) is 11.0 Å². The molecular weight excluding hydrogens is 522 g/mol. The van der Waals surface area contributed by atoms with Crippen molar-refractivity contribution >= 4 is 27.5 Å². The van der Waals surface area contributed by atoms with Gasteiger partial charge in [0.05, 0.1) is 11.9 Å². The van der Waals surface area contributed by atoms with Crippen LogP contribution in [-0.2, 0) is 32.6 Å². The predicted octanol–water partition coefficient (Wildman–Crippen LogP) is 5.10. The first-order valence-corrected chi connectivity index (χ1v) is 15.4. The van der Waals surface area contributed by atoms with E-state index >= 15 is 0 Å². The average molecular weight is 564 g/mol. The summed E-state index contributed by atoms with van der Waals surface area (Å²) in [5, 5.41) is 3.06. The minimum absolute atomic E-state index is 0.0960. The summed E-state index contributed by atoms with van der Waals surface area (Å²) in [4.78, 5) is 29.1. The molecule has 0 saturated heterocycles. The van der Waals surface area contributed by atoms with Gasteiger partial charge in [0.1, 0.15) is 6.04 Å². The van der Waals surface area contributed by atoms with Gasteiger partial charge in [-0.1, -0.05) is 72.8 Å². The highest BCUT2D eigenvalue weighted by Gasteiger charge is 2.32. The zero-order valence-corrected chi connectivity index (χ0v) is 24.9. The van der Waals surface area contributed by atoms with E-state index in [9.17, 15) is 18.0 Å². The lowest BCUT2D eigenvalue weighted by Gasteiger charge is -2.34. The van der Waals surface area contributed by atoms with Gasteiger partial charge >= 0.3 is 0 Å². The van der Waals surface area contributed by atoms with Crippen molar-refractivity contribution in [2.24, 2.45) is 0 Å². The Bertz CT molecular complexity index is 1370. The molecule has 3 aromatic rings. The molecule has 7 nitrogen and oxygen atoms in total. The maximum atomic E-state index is 13.8. The van der Waals surface area contributed by atoms with Crippen LogP contribution in [0.4, 0.5) is 5.69 Å². The first-order valence-electron chi connectivity index (χ1n) is 13.6. The molecule has 2 amide bonds. The van der Waals surface area contributed by atoms with Gasteiger partial charge in [-0.2, -0.15) is 0 Å². The standard InChI is InChI=1S/C32H41N3O4S/c1-25-14-12-19-28(22-25)35(40(5,38)39)21-13-20-30(36)34(24-27-17-10-7-11-18-27)29(31(37)33-32(2,3)4)23-26-15-8-6-9-16-26/h6-12,14-19,22,29H,13,20-21,23-24H2,1-5H3,(H,33,37)/t29-/m1/s1. The maximum Gasteiger partial charge on any atom is 0.243 e. The first-order chi connectivity index (χ1) is 18.8. The zero-order chi connectivity index (χ0) is 29.3. The number of benzene rings is 3. The van der Waals surface area contributed by atoms with Crippen LogP contribution >= 0.6 is 0 Å². The highest BCUT2D eigenvalue weighted by molar-refractivity contribution is 7.92. The predicted molar refractivity (Wildman–Crippen MR) is 161 cm³/mol. The third-order valence-corrected chi connectivity index (χ3v) is 7.60. The van der Waals surface area contributed by atoms with Crippen molar-refractivity contribution in [2.45, 2.75) is 65.1 Å². The molecule has 0 spiro atoms. The molecule has 3 rings (SSSR count). The van der Waals surface area contributed by atoms with E-state index in [0.29, 0.717) is 18.5 Å². The lowest BCUT2D eigenvalue weighted by Crippen LogP contribution is -2.54. The number of anilines is 1. The highest BCUT2D eigenvalue weighted by atomic mass is 32.2. The second kappa shape index (κ2) is 13.6. The lowest BCUT2D eigenvalue weighted by atomic mass is 10.00. The van der Waals surface area contributed by atoms with E-state index in [1.807, 2.05) is 107 Å². The second-order valence-electron chi connectivity index (χ2n) is 11.2. The minimum Gasteiger partial charge on any atom is -0.350 e. The van der Waals surface area contributed by atoms with E-state index in [2.05, 4.69) is 5.32 Å². The van der Waals surface area contributed by atoms with Gasteiger partial charge in [0, 0.05) is 31.5 Å². The third kappa shape index (κ3) is 9.52.